The van der Waals surface area contributed by atoms with E-state index in [1.165, 1.54) is 11.3 Å². The molecule has 0 spiro atoms. The molecule has 0 radical (unpaired) electrons. The van der Waals surface area contributed by atoms with Crippen LogP contribution in [0, 0.1) is 0 Å². The van der Waals surface area contributed by atoms with Crippen molar-refractivity contribution in [3.63, 3.8) is 0 Å². The number of thiazole rings is 1. The maximum Gasteiger partial charge on any atom is 0.251 e. The Bertz CT molecular complexity index is 716. The number of benzene rings is 1. The lowest BCUT2D eigenvalue weighted by Gasteiger charge is -2.20. The molecule has 1 saturated heterocycles. The smallest absolute Gasteiger partial charge is 0.251 e. The fraction of sp³-hybridized carbons (Fsp3) is 0.353. The van der Waals surface area contributed by atoms with Crippen LogP contribution in [0.3, 0.4) is 0 Å². The maximum atomic E-state index is 12.0. The topological polar surface area (TPSA) is 88.3 Å². The Morgan fingerprint density at radius 3 is 2.88 bits per heavy atom. The second-order valence-electron chi connectivity index (χ2n) is 5.81. The predicted molar refractivity (Wildman–Crippen MR) is 92.4 cm³/mol. The summed E-state index contributed by atoms with van der Waals surface area (Å²) in [5.41, 5.74) is 6.99. The SMILES string of the molecule is NC(=O)C1CCCN1Cc1csc(CNC(=O)c2ccccc2)n1. The number of rotatable bonds is 6. The van der Waals surface area contributed by atoms with Crippen molar-refractivity contribution in [1.82, 2.24) is 15.2 Å². The zero-order valence-corrected chi connectivity index (χ0v) is 14.1. The Kier molecular flexibility index (Phi) is 5.22. The van der Waals surface area contributed by atoms with Crippen LogP contribution in [-0.4, -0.2) is 34.3 Å². The molecule has 1 aromatic carbocycles. The van der Waals surface area contributed by atoms with Crippen molar-refractivity contribution < 1.29 is 9.59 Å². The average molecular weight is 344 g/mol. The van der Waals surface area contributed by atoms with Gasteiger partial charge in [-0.25, -0.2) is 4.98 Å². The van der Waals surface area contributed by atoms with Gasteiger partial charge in [0, 0.05) is 17.5 Å². The summed E-state index contributed by atoms with van der Waals surface area (Å²) in [6.07, 6.45) is 1.80. The van der Waals surface area contributed by atoms with Crippen LogP contribution in [-0.2, 0) is 17.9 Å². The van der Waals surface area contributed by atoms with Crippen LogP contribution < -0.4 is 11.1 Å². The Hall–Kier alpha value is -2.25. The van der Waals surface area contributed by atoms with E-state index in [0.29, 0.717) is 18.7 Å². The Morgan fingerprint density at radius 1 is 1.33 bits per heavy atom. The summed E-state index contributed by atoms with van der Waals surface area (Å²) in [5.74, 6) is -0.376. The lowest BCUT2D eigenvalue weighted by atomic mass is 10.2. The van der Waals surface area contributed by atoms with E-state index in [1.807, 2.05) is 23.6 Å². The molecule has 0 saturated carbocycles. The number of carbonyl (C=O) groups is 2. The van der Waals surface area contributed by atoms with Crippen LogP contribution in [0.5, 0.6) is 0 Å². The van der Waals surface area contributed by atoms with E-state index in [2.05, 4.69) is 15.2 Å². The van der Waals surface area contributed by atoms with Crippen LogP contribution in [0.15, 0.2) is 35.7 Å². The number of amides is 2. The maximum absolute atomic E-state index is 12.0. The number of hydrogen-bond acceptors (Lipinski definition) is 5. The number of aromatic nitrogens is 1. The Labute approximate surface area is 144 Å². The number of hydrogen-bond donors (Lipinski definition) is 2. The number of nitrogens with one attached hydrogen (secondary N) is 1. The van der Waals surface area contributed by atoms with Crippen LogP contribution in [0.4, 0.5) is 0 Å². The molecule has 1 unspecified atom stereocenters. The minimum absolute atomic E-state index is 0.110. The predicted octanol–water partition coefficient (Wildman–Crippen LogP) is 1.52. The van der Waals surface area contributed by atoms with Crippen molar-refractivity contribution in [2.45, 2.75) is 32.0 Å². The molecule has 1 atom stereocenters. The number of nitrogens with zero attached hydrogens (tertiary/aromatic N) is 2. The summed E-state index contributed by atoms with van der Waals surface area (Å²) in [6, 6.07) is 8.91. The van der Waals surface area contributed by atoms with Crippen molar-refractivity contribution in [3.8, 4) is 0 Å². The minimum Gasteiger partial charge on any atom is -0.368 e. The average Bonchev–Trinajstić information content (AvgIpc) is 3.23. The fourth-order valence-electron chi connectivity index (χ4n) is 2.90. The third-order valence-electron chi connectivity index (χ3n) is 4.09. The third kappa shape index (κ3) is 3.98. The van der Waals surface area contributed by atoms with Gasteiger partial charge >= 0.3 is 0 Å². The quantitative estimate of drug-likeness (QED) is 0.832. The standard InChI is InChI=1S/C17H20N4O2S/c18-16(22)14-7-4-8-21(14)10-13-11-24-15(20-13)9-19-17(23)12-5-2-1-3-6-12/h1-3,5-6,11,14H,4,7-10H2,(H2,18,22)(H,19,23). The van der Waals surface area contributed by atoms with E-state index >= 15 is 0 Å². The molecule has 1 aliphatic rings. The van der Waals surface area contributed by atoms with Crippen molar-refractivity contribution in [3.05, 3.63) is 52.0 Å². The van der Waals surface area contributed by atoms with Crippen LogP contribution in [0.2, 0.25) is 0 Å². The van der Waals surface area contributed by atoms with Gasteiger partial charge in [-0.2, -0.15) is 0 Å². The Balaban J connectivity index is 1.54. The highest BCUT2D eigenvalue weighted by atomic mass is 32.1. The van der Waals surface area contributed by atoms with Gasteiger partial charge in [-0.05, 0) is 31.5 Å². The van der Waals surface area contributed by atoms with E-state index in [4.69, 9.17) is 5.73 Å². The number of primary amides is 1. The normalized spacial score (nSPS) is 17.8. The second-order valence-corrected chi connectivity index (χ2v) is 6.75. The minimum atomic E-state index is -0.266. The van der Waals surface area contributed by atoms with E-state index in [9.17, 15) is 9.59 Å². The van der Waals surface area contributed by atoms with E-state index < -0.39 is 0 Å². The first-order valence-corrected chi connectivity index (χ1v) is 8.81. The van der Waals surface area contributed by atoms with Crippen LogP contribution >= 0.6 is 11.3 Å². The summed E-state index contributed by atoms with van der Waals surface area (Å²) in [5, 5.41) is 5.69. The van der Waals surface area contributed by atoms with E-state index in [0.717, 1.165) is 30.1 Å². The van der Waals surface area contributed by atoms with Gasteiger partial charge in [-0.1, -0.05) is 18.2 Å². The molecule has 2 amide bonds. The Morgan fingerprint density at radius 2 is 2.12 bits per heavy atom. The molecule has 6 nitrogen and oxygen atoms in total. The summed E-state index contributed by atoms with van der Waals surface area (Å²) in [4.78, 5) is 30.1. The molecule has 0 bridgehead atoms. The van der Waals surface area contributed by atoms with Crippen molar-refractivity contribution >= 4 is 23.2 Å². The monoisotopic (exact) mass is 344 g/mol. The molecule has 1 aliphatic heterocycles. The first-order valence-electron chi connectivity index (χ1n) is 7.93. The molecule has 0 aliphatic carbocycles. The number of nitrogens with two attached hydrogens (primary N) is 1. The van der Waals surface area contributed by atoms with Gasteiger partial charge in [0.2, 0.25) is 5.91 Å². The summed E-state index contributed by atoms with van der Waals surface area (Å²) < 4.78 is 0. The summed E-state index contributed by atoms with van der Waals surface area (Å²) >= 11 is 1.51. The highest BCUT2D eigenvalue weighted by Crippen LogP contribution is 2.20. The molecule has 2 aromatic rings. The summed E-state index contributed by atoms with van der Waals surface area (Å²) in [6.45, 7) is 1.89. The fourth-order valence-corrected chi connectivity index (χ4v) is 3.62. The zero-order valence-electron chi connectivity index (χ0n) is 13.3. The number of likely N-dealkylation sites (tertiary alicyclic amines) is 1. The molecule has 7 heteroatoms. The molecular formula is C17H20N4O2S. The van der Waals surface area contributed by atoms with Gasteiger partial charge in [-0.3, -0.25) is 14.5 Å². The van der Waals surface area contributed by atoms with Gasteiger partial charge in [0.15, 0.2) is 0 Å². The molecule has 2 heterocycles. The van der Waals surface area contributed by atoms with Crippen molar-refractivity contribution in [2.24, 2.45) is 5.73 Å². The third-order valence-corrected chi connectivity index (χ3v) is 4.99. The molecule has 3 N–H and O–H groups in total. The summed E-state index contributed by atoms with van der Waals surface area (Å²) in [7, 11) is 0. The molecule has 1 aromatic heterocycles. The molecule has 126 valence electrons. The highest BCUT2D eigenvalue weighted by Gasteiger charge is 2.29. The van der Waals surface area contributed by atoms with Crippen LogP contribution in [0.25, 0.3) is 0 Å². The van der Waals surface area contributed by atoms with Gasteiger partial charge in [-0.15, -0.1) is 11.3 Å². The zero-order chi connectivity index (χ0) is 16.9. The molecule has 3 rings (SSSR count). The first-order chi connectivity index (χ1) is 11.6. The number of carbonyl (C=O) groups excluding carboxylic acids is 2. The highest BCUT2D eigenvalue weighted by molar-refractivity contribution is 7.09. The van der Waals surface area contributed by atoms with E-state index in [1.54, 1.807) is 12.1 Å². The van der Waals surface area contributed by atoms with Gasteiger partial charge in [0.05, 0.1) is 18.3 Å². The van der Waals surface area contributed by atoms with Gasteiger partial charge in [0.25, 0.3) is 5.91 Å². The van der Waals surface area contributed by atoms with Crippen molar-refractivity contribution in [1.29, 1.82) is 0 Å². The first kappa shape index (κ1) is 16.6. The van der Waals surface area contributed by atoms with Crippen LogP contribution in [0.1, 0.15) is 33.9 Å². The van der Waals surface area contributed by atoms with Gasteiger partial charge in [0.1, 0.15) is 5.01 Å². The van der Waals surface area contributed by atoms with Crippen molar-refractivity contribution in [2.75, 3.05) is 6.54 Å². The molecule has 1 fully saturated rings. The largest absolute Gasteiger partial charge is 0.368 e. The lowest BCUT2D eigenvalue weighted by molar-refractivity contribution is -0.122. The van der Waals surface area contributed by atoms with E-state index in [-0.39, 0.29) is 17.9 Å². The lowest BCUT2D eigenvalue weighted by Crippen LogP contribution is -2.39. The van der Waals surface area contributed by atoms with Gasteiger partial charge < -0.3 is 11.1 Å². The molecular weight excluding hydrogens is 324 g/mol. The molecule has 24 heavy (non-hydrogen) atoms. The second kappa shape index (κ2) is 7.55.